The van der Waals surface area contributed by atoms with Gasteiger partial charge in [0.25, 0.3) is 0 Å². The van der Waals surface area contributed by atoms with Crippen molar-refractivity contribution < 1.29 is 14.6 Å². The molecule has 1 saturated heterocycles. The first-order chi connectivity index (χ1) is 18.4. The van der Waals surface area contributed by atoms with E-state index in [0.717, 1.165) is 103 Å². The maximum Gasteiger partial charge on any atom is 0.303 e. The van der Waals surface area contributed by atoms with Gasteiger partial charge >= 0.3 is 5.97 Å². The number of aromatic nitrogens is 1. The van der Waals surface area contributed by atoms with Crippen molar-refractivity contribution in [2.24, 2.45) is 11.8 Å². The number of rotatable bonds is 13. The highest BCUT2D eigenvalue weighted by atomic mass is 35.5. The van der Waals surface area contributed by atoms with Crippen LogP contribution in [0.1, 0.15) is 56.1 Å². The molecule has 1 aromatic heterocycles. The highest BCUT2D eigenvalue weighted by molar-refractivity contribution is 6.35. The van der Waals surface area contributed by atoms with Crippen LogP contribution in [0.25, 0.3) is 10.9 Å². The first-order valence-electron chi connectivity index (χ1n) is 13.7. The highest BCUT2D eigenvalue weighted by Crippen LogP contribution is 2.33. The molecule has 0 amide bonds. The molecule has 5 nitrogen and oxygen atoms in total. The van der Waals surface area contributed by atoms with E-state index < -0.39 is 5.97 Å². The summed E-state index contributed by atoms with van der Waals surface area (Å²) < 4.78 is 5.42. The summed E-state index contributed by atoms with van der Waals surface area (Å²) in [7, 11) is 1.69. The second kappa shape index (κ2) is 14.2. The molecule has 7 heteroatoms. The number of halogens is 2. The number of benzene rings is 2. The summed E-state index contributed by atoms with van der Waals surface area (Å²) in [5, 5.41) is 12.0. The van der Waals surface area contributed by atoms with Crippen LogP contribution in [0.3, 0.4) is 0 Å². The van der Waals surface area contributed by atoms with Gasteiger partial charge in [-0.3, -0.25) is 9.78 Å². The van der Waals surface area contributed by atoms with E-state index in [-0.39, 0.29) is 6.42 Å². The van der Waals surface area contributed by atoms with E-state index in [1.165, 1.54) is 5.56 Å². The van der Waals surface area contributed by atoms with Gasteiger partial charge in [-0.25, -0.2) is 0 Å². The van der Waals surface area contributed by atoms with Crippen molar-refractivity contribution in [3.63, 3.8) is 0 Å². The SMILES string of the molecule is COc1ccc2nccc(CCCC3CCN(CCCCc4c(Cl)cccc4Cl)CC3CCC(=O)O)c2c1. The van der Waals surface area contributed by atoms with Crippen LogP contribution in [-0.4, -0.2) is 47.7 Å². The number of carbonyl (C=O) groups is 1. The Hall–Kier alpha value is -2.34. The zero-order valence-electron chi connectivity index (χ0n) is 22.2. The maximum atomic E-state index is 11.4. The number of aryl methyl sites for hydroxylation is 1. The van der Waals surface area contributed by atoms with Crippen molar-refractivity contribution in [3.05, 3.63) is 69.8 Å². The number of piperidine rings is 1. The maximum absolute atomic E-state index is 11.4. The number of carboxylic acid groups (broad SMARTS) is 1. The summed E-state index contributed by atoms with van der Waals surface area (Å²) in [5.41, 5.74) is 3.33. The lowest BCUT2D eigenvalue weighted by atomic mass is 9.79. The van der Waals surface area contributed by atoms with Crippen LogP contribution >= 0.6 is 23.2 Å². The van der Waals surface area contributed by atoms with Crippen LogP contribution in [-0.2, 0) is 17.6 Å². The molecule has 2 aromatic carbocycles. The Morgan fingerprint density at radius 1 is 1.05 bits per heavy atom. The average molecular weight is 558 g/mol. The van der Waals surface area contributed by atoms with Crippen molar-refractivity contribution in [1.82, 2.24) is 9.88 Å². The van der Waals surface area contributed by atoms with E-state index in [1.807, 2.05) is 36.5 Å². The molecule has 3 aromatic rings. The number of likely N-dealkylation sites (tertiary alicyclic amines) is 1. The van der Waals surface area contributed by atoms with Gasteiger partial charge in [-0.15, -0.1) is 0 Å². The van der Waals surface area contributed by atoms with E-state index >= 15 is 0 Å². The van der Waals surface area contributed by atoms with Gasteiger partial charge in [0.05, 0.1) is 12.6 Å². The van der Waals surface area contributed by atoms with E-state index in [4.69, 9.17) is 27.9 Å². The van der Waals surface area contributed by atoms with Gasteiger partial charge in [0.1, 0.15) is 5.75 Å². The zero-order valence-corrected chi connectivity index (χ0v) is 23.7. The molecule has 1 aliphatic heterocycles. The van der Waals surface area contributed by atoms with Crippen LogP contribution in [0.15, 0.2) is 48.7 Å². The Morgan fingerprint density at radius 3 is 2.63 bits per heavy atom. The molecule has 38 heavy (non-hydrogen) atoms. The number of fused-ring (bicyclic) bond motifs is 1. The molecule has 2 atom stereocenters. The van der Waals surface area contributed by atoms with Crippen molar-refractivity contribution in [3.8, 4) is 5.75 Å². The lowest BCUT2D eigenvalue weighted by molar-refractivity contribution is -0.137. The molecule has 1 N–H and O–H groups in total. The number of unbranched alkanes of at least 4 members (excludes halogenated alkanes) is 1. The molecule has 0 aliphatic carbocycles. The third-order valence-electron chi connectivity index (χ3n) is 7.98. The predicted octanol–water partition coefficient (Wildman–Crippen LogP) is 7.70. The summed E-state index contributed by atoms with van der Waals surface area (Å²) in [6.07, 6.45) is 10.2. The number of hydrogen-bond acceptors (Lipinski definition) is 4. The second-order valence-electron chi connectivity index (χ2n) is 10.4. The molecule has 2 unspecified atom stereocenters. The van der Waals surface area contributed by atoms with Gasteiger partial charge < -0.3 is 14.7 Å². The van der Waals surface area contributed by atoms with Crippen LogP contribution < -0.4 is 4.74 Å². The third-order valence-corrected chi connectivity index (χ3v) is 8.69. The van der Waals surface area contributed by atoms with E-state index in [2.05, 4.69) is 22.0 Å². The number of aliphatic carboxylic acids is 1. The molecule has 0 spiro atoms. The van der Waals surface area contributed by atoms with Crippen molar-refractivity contribution >= 4 is 40.1 Å². The van der Waals surface area contributed by atoms with Crippen LogP contribution in [0.5, 0.6) is 5.75 Å². The standard InChI is InChI=1S/C31H38Cl2N2O3/c1-38-25-12-13-30-27(20-25)23(15-17-34-30)7-4-6-22-16-19-35(21-24(22)11-14-31(36)37)18-3-2-8-26-28(32)9-5-10-29(26)33/h5,9-10,12-13,15,17,20,22,24H,2-4,6-8,11,14,16,18-19,21H2,1H3,(H,36,37). The molecular weight excluding hydrogens is 519 g/mol. The fourth-order valence-electron chi connectivity index (χ4n) is 5.87. The fraction of sp³-hybridized carbons (Fsp3) is 0.484. The molecule has 0 saturated carbocycles. The summed E-state index contributed by atoms with van der Waals surface area (Å²) in [6, 6.07) is 13.8. The highest BCUT2D eigenvalue weighted by Gasteiger charge is 2.29. The molecule has 4 rings (SSSR count). The molecule has 0 radical (unpaired) electrons. The van der Waals surface area contributed by atoms with Gasteiger partial charge in [-0.1, -0.05) is 29.3 Å². The predicted molar refractivity (Wildman–Crippen MR) is 156 cm³/mol. The third kappa shape index (κ3) is 7.84. The molecular formula is C31H38Cl2N2O3. The number of carboxylic acids is 1. The average Bonchev–Trinajstić information content (AvgIpc) is 2.91. The first-order valence-corrected chi connectivity index (χ1v) is 14.5. The Morgan fingerprint density at radius 2 is 1.87 bits per heavy atom. The minimum Gasteiger partial charge on any atom is -0.497 e. The van der Waals surface area contributed by atoms with Crippen molar-refractivity contribution in [2.45, 2.75) is 57.8 Å². The number of ether oxygens (including phenoxy) is 1. The normalized spacial score (nSPS) is 18.1. The number of nitrogens with zero attached hydrogens (tertiary/aromatic N) is 2. The Labute approximate surface area is 236 Å². The van der Waals surface area contributed by atoms with Gasteiger partial charge in [-0.2, -0.15) is 0 Å². The van der Waals surface area contributed by atoms with Gasteiger partial charge in [0.2, 0.25) is 0 Å². The minimum atomic E-state index is -0.699. The fourth-order valence-corrected chi connectivity index (χ4v) is 6.45. The lowest BCUT2D eigenvalue weighted by Gasteiger charge is -2.39. The van der Waals surface area contributed by atoms with Crippen LogP contribution in [0, 0.1) is 11.8 Å². The first kappa shape index (κ1) is 28.7. The van der Waals surface area contributed by atoms with Crippen molar-refractivity contribution in [2.75, 3.05) is 26.7 Å². The summed E-state index contributed by atoms with van der Waals surface area (Å²) in [4.78, 5) is 18.4. The number of pyridine rings is 1. The minimum absolute atomic E-state index is 0.245. The van der Waals surface area contributed by atoms with E-state index in [0.29, 0.717) is 11.8 Å². The van der Waals surface area contributed by atoms with Crippen LogP contribution in [0.4, 0.5) is 0 Å². The summed E-state index contributed by atoms with van der Waals surface area (Å²) >= 11 is 12.6. The second-order valence-corrected chi connectivity index (χ2v) is 11.3. The zero-order chi connectivity index (χ0) is 26.9. The molecule has 2 heterocycles. The molecule has 1 fully saturated rings. The Bertz CT molecular complexity index is 1200. The topological polar surface area (TPSA) is 62.7 Å². The Balaban J connectivity index is 1.29. The Kier molecular flexibility index (Phi) is 10.7. The number of methoxy groups -OCH3 is 1. The molecule has 1 aliphatic rings. The van der Waals surface area contributed by atoms with Gasteiger partial charge in [-0.05, 0) is 124 Å². The lowest BCUT2D eigenvalue weighted by Crippen LogP contribution is -2.41. The number of hydrogen-bond donors (Lipinski definition) is 1. The van der Waals surface area contributed by atoms with E-state index in [1.54, 1.807) is 7.11 Å². The quantitative estimate of drug-likeness (QED) is 0.218. The molecule has 204 valence electrons. The summed E-state index contributed by atoms with van der Waals surface area (Å²) in [5.74, 6) is 1.14. The van der Waals surface area contributed by atoms with Crippen LogP contribution in [0.2, 0.25) is 10.0 Å². The van der Waals surface area contributed by atoms with Gasteiger partial charge in [0.15, 0.2) is 0 Å². The van der Waals surface area contributed by atoms with Crippen molar-refractivity contribution in [1.29, 1.82) is 0 Å². The van der Waals surface area contributed by atoms with Gasteiger partial charge in [0, 0.05) is 34.6 Å². The summed E-state index contributed by atoms with van der Waals surface area (Å²) in [6.45, 7) is 3.10. The smallest absolute Gasteiger partial charge is 0.303 e. The monoisotopic (exact) mass is 556 g/mol. The largest absolute Gasteiger partial charge is 0.497 e. The van der Waals surface area contributed by atoms with E-state index in [9.17, 15) is 9.90 Å². The molecule has 0 bridgehead atoms.